The van der Waals surface area contributed by atoms with Crippen LogP contribution in [0, 0.1) is 0 Å². The molecule has 0 bridgehead atoms. The van der Waals surface area contributed by atoms with Crippen molar-refractivity contribution in [3.8, 4) is 0 Å². The molecule has 73 heavy (non-hydrogen) atoms. The molecule has 0 saturated heterocycles. The molecule has 418 valence electrons. The zero-order chi connectivity index (χ0) is 53.6. The van der Waals surface area contributed by atoms with Crippen molar-refractivity contribution in [1.29, 1.82) is 0 Å². The van der Waals surface area contributed by atoms with Gasteiger partial charge in [-0.05, 0) is 115 Å². The van der Waals surface area contributed by atoms with Crippen LogP contribution in [0.5, 0.6) is 0 Å². The van der Waals surface area contributed by atoms with Gasteiger partial charge in [-0.1, -0.05) is 208 Å². The van der Waals surface area contributed by atoms with Crippen molar-refractivity contribution in [3.63, 3.8) is 0 Å². The summed E-state index contributed by atoms with van der Waals surface area (Å²) >= 11 is 0. The number of ether oxygens (including phenoxy) is 1. The average molecular weight is 1040 g/mol. The van der Waals surface area contributed by atoms with E-state index in [0.29, 0.717) is 23.9 Å². The summed E-state index contributed by atoms with van der Waals surface area (Å²) in [6, 6.07) is -0.921. The number of hydrogen-bond donors (Lipinski definition) is 1. The number of phosphoric acid groups is 1. The molecule has 0 aliphatic heterocycles. The number of nitrogens with one attached hydrogen (secondary N) is 1. The second kappa shape index (κ2) is 52.1. The summed E-state index contributed by atoms with van der Waals surface area (Å²) in [5.41, 5.74) is 0. The number of carbonyl (C=O) groups is 2. The summed E-state index contributed by atoms with van der Waals surface area (Å²) in [6.45, 7) is 6.63. The van der Waals surface area contributed by atoms with Gasteiger partial charge in [0.2, 0.25) is 5.91 Å². The first kappa shape index (κ1) is 69.7. The van der Waals surface area contributed by atoms with Gasteiger partial charge in [0.15, 0.2) is 0 Å². The van der Waals surface area contributed by atoms with Crippen molar-refractivity contribution in [3.05, 3.63) is 109 Å². The van der Waals surface area contributed by atoms with Gasteiger partial charge in [0.05, 0.1) is 33.8 Å². The standard InChI is InChI=1S/C63H109N2O7P/c1-7-10-13-16-19-22-25-27-29-31-32-34-35-37-40-43-46-49-52-55-62(66)64-60(59-71-73(68,69)70-58-57-65(4,5)6)61(54-51-48-45-42-39-24-21-18-15-12-9-3)72-63(67)56-53-50-47-44-41-38-36-33-30-28-26-23-20-17-14-11-8-2/h10,13,19-20,22-23,27-30,32,34,36-38,40,51,54,60-61H,7-9,11-12,14-18,21,24-26,31,33,35,39,41-50,52-53,55-59H2,1-6H3,(H-,64,66,68,69)/b13-10-,22-19-,23-20-,29-27-,30-28-,34-32-,38-36-,40-37-,54-51+. The number of nitrogens with zero attached hydrogens (tertiary/aromatic N) is 1. The molecule has 3 unspecified atom stereocenters. The Balaban J connectivity index is 5.41. The van der Waals surface area contributed by atoms with E-state index in [1.54, 1.807) is 0 Å². The summed E-state index contributed by atoms with van der Waals surface area (Å²) < 4.78 is 30.2. The smallest absolute Gasteiger partial charge is 0.306 e. The minimum atomic E-state index is -4.72. The van der Waals surface area contributed by atoms with Crippen LogP contribution >= 0.6 is 7.82 Å². The molecule has 1 amide bonds. The lowest BCUT2D eigenvalue weighted by molar-refractivity contribution is -0.870. The fourth-order valence-electron chi connectivity index (χ4n) is 7.67. The van der Waals surface area contributed by atoms with Crippen LogP contribution in [0.4, 0.5) is 0 Å². The molecule has 0 saturated carbocycles. The summed E-state index contributed by atoms with van der Waals surface area (Å²) in [7, 11) is 1.13. The highest BCUT2D eigenvalue weighted by Gasteiger charge is 2.27. The number of carbonyl (C=O) groups excluding carboxylic acids is 2. The average Bonchev–Trinajstić information content (AvgIpc) is 3.35. The molecule has 1 N–H and O–H groups in total. The minimum Gasteiger partial charge on any atom is -0.756 e. The van der Waals surface area contributed by atoms with Crippen LogP contribution in [0.3, 0.4) is 0 Å². The molecule has 0 heterocycles. The molecule has 0 rings (SSSR count). The summed E-state index contributed by atoms with van der Waals surface area (Å²) in [4.78, 5) is 39.9. The van der Waals surface area contributed by atoms with Gasteiger partial charge < -0.3 is 28.5 Å². The molecule has 10 heteroatoms. The van der Waals surface area contributed by atoms with E-state index in [1.807, 2.05) is 33.3 Å². The van der Waals surface area contributed by atoms with Crippen LogP contribution < -0.4 is 10.2 Å². The zero-order valence-corrected chi connectivity index (χ0v) is 48.4. The van der Waals surface area contributed by atoms with Crippen molar-refractivity contribution in [1.82, 2.24) is 5.32 Å². The fraction of sp³-hybridized carbons (Fsp3) is 0.683. The van der Waals surface area contributed by atoms with Gasteiger partial charge in [0.1, 0.15) is 19.3 Å². The fourth-order valence-corrected chi connectivity index (χ4v) is 8.39. The Bertz CT molecular complexity index is 1620. The van der Waals surface area contributed by atoms with Gasteiger partial charge in [0, 0.05) is 12.8 Å². The van der Waals surface area contributed by atoms with Gasteiger partial charge >= 0.3 is 5.97 Å². The van der Waals surface area contributed by atoms with Gasteiger partial charge in [-0.25, -0.2) is 0 Å². The number of hydrogen-bond acceptors (Lipinski definition) is 7. The van der Waals surface area contributed by atoms with E-state index in [9.17, 15) is 19.0 Å². The predicted octanol–water partition coefficient (Wildman–Crippen LogP) is 17.1. The largest absolute Gasteiger partial charge is 0.756 e. The van der Waals surface area contributed by atoms with Crippen LogP contribution in [-0.2, 0) is 27.9 Å². The van der Waals surface area contributed by atoms with Crippen LogP contribution in [-0.4, -0.2) is 69.4 Å². The zero-order valence-electron chi connectivity index (χ0n) is 47.5. The number of likely N-dealkylation sites (N-methyl/N-ethyl adjacent to an activating group) is 1. The Labute approximate surface area is 449 Å². The second-order valence-electron chi connectivity index (χ2n) is 20.4. The normalized spacial score (nSPS) is 14.6. The lowest BCUT2D eigenvalue weighted by Crippen LogP contribution is -2.47. The molecule has 0 fully saturated rings. The number of rotatable bonds is 51. The summed E-state index contributed by atoms with van der Waals surface area (Å²) in [5.74, 6) is -0.613. The number of phosphoric ester groups is 1. The Morgan fingerprint density at radius 2 is 0.877 bits per heavy atom. The highest BCUT2D eigenvalue weighted by Crippen LogP contribution is 2.38. The number of amides is 1. The number of quaternary nitrogens is 1. The third-order valence-electron chi connectivity index (χ3n) is 12.2. The molecule has 9 nitrogen and oxygen atoms in total. The lowest BCUT2D eigenvalue weighted by Gasteiger charge is -2.30. The first-order valence-electron chi connectivity index (χ1n) is 29.2. The maximum absolute atomic E-state index is 13.5. The van der Waals surface area contributed by atoms with Crippen molar-refractivity contribution in [2.75, 3.05) is 40.9 Å². The maximum Gasteiger partial charge on any atom is 0.306 e. The van der Waals surface area contributed by atoms with Crippen molar-refractivity contribution >= 4 is 19.7 Å². The summed E-state index contributed by atoms with van der Waals surface area (Å²) in [5, 5.41) is 2.99. The lowest BCUT2D eigenvalue weighted by atomic mass is 10.1. The molecular formula is C63H109N2O7P. The van der Waals surface area contributed by atoms with Crippen LogP contribution in [0.2, 0.25) is 0 Å². The van der Waals surface area contributed by atoms with Gasteiger partial charge in [-0.15, -0.1) is 0 Å². The topological polar surface area (TPSA) is 114 Å². The van der Waals surface area contributed by atoms with Crippen LogP contribution in [0.15, 0.2) is 109 Å². The number of esters is 1. The Hall–Kier alpha value is -3.33. The van der Waals surface area contributed by atoms with Crippen molar-refractivity contribution in [2.24, 2.45) is 0 Å². The van der Waals surface area contributed by atoms with E-state index in [0.717, 1.165) is 109 Å². The van der Waals surface area contributed by atoms with Gasteiger partial charge in [-0.3, -0.25) is 14.2 Å². The molecule has 0 aromatic carbocycles. The first-order valence-corrected chi connectivity index (χ1v) is 30.7. The Morgan fingerprint density at radius 1 is 0.493 bits per heavy atom. The molecule has 0 aliphatic carbocycles. The van der Waals surface area contributed by atoms with Gasteiger partial charge in [-0.2, -0.15) is 0 Å². The monoisotopic (exact) mass is 1040 g/mol. The minimum absolute atomic E-state index is 0.0387. The molecular weight excluding hydrogens is 928 g/mol. The van der Waals surface area contributed by atoms with E-state index in [4.69, 9.17) is 13.8 Å². The maximum atomic E-state index is 13.5. The highest BCUT2D eigenvalue weighted by molar-refractivity contribution is 7.45. The van der Waals surface area contributed by atoms with E-state index in [-0.39, 0.29) is 31.3 Å². The van der Waals surface area contributed by atoms with Crippen LogP contribution in [0.1, 0.15) is 226 Å². The third-order valence-corrected chi connectivity index (χ3v) is 13.2. The SMILES string of the molecule is CC/C=C\C/C=C\C/C=C\C/C=C\C/C=C\CCCCCC(=O)NC(COP(=O)([O-])OCC[N+](C)(C)C)C(/C=C/CCCCCCCCCCC)OC(=O)CCCCCC/C=C\C/C=C\C/C=C\CCCCC. The molecule has 0 aromatic rings. The van der Waals surface area contributed by atoms with Gasteiger partial charge in [0.25, 0.3) is 7.82 Å². The van der Waals surface area contributed by atoms with E-state index in [2.05, 4.69) is 123 Å². The third kappa shape index (κ3) is 53.3. The highest BCUT2D eigenvalue weighted by atomic mass is 31.2. The summed E-state index contributed by atoms with van der Waals surface area (Å²) in [6.07, 6.45) is 70.5. The molecule has 0 aliphatic rings. The Kier molecular flexibility index (Phi) is 49.7. The van der Waals surface area contributed by atoms with E-state index >= 15 is 0 Å². The molecule has 3 atom stereocenters. The molecule has 0 radical (unpaired) electrons. The first-order chi connectivity index (χ1) is 35.4. The predicted molar refractivity (Wildman–Crippen MR) is 311 cm³/mol. The van der Waals surface area contributed by atoms with E-state index < -0.39 is 26.6 Å². The Morgan fingerprint density at radius 3 is 1.36 bits per heavy atom. The number of allylic oxidation sites excluding steroid dienone is 17. The van der Waals surface area contributed by atoms with E-state index in [1.165, 1.54) is 70.6 Å². The van der Waals surface area contributed by atoms with Crippen molar-refractivity contribution in [2.45, 2.75) is 238 Å². The second-order valence-corrected chi connectivity index (χ2v) is 21.8. The number of unbranched alkanes of at least 4 members (excludes halogenated alkanes) is 19. The molecule has 0 spiro atoms. The molecule has 0 aromatic heterocycles. The van der Waals surface area contributed by atoms with Crippen molar-refractivity contribution < 1.29 is 37.3 Å². The quantitative estimate of drug-likeness (QED) is 0.0212. The van der Waals surface area contributed by atoms with Crippen LogP contribution in [0.25, 0.3) is 0 Å².